The molecule has 0 saturated heterocycles. The Bertz CT molecular complexity index is 1310. The monoisotopic (exact) mass is 552 g/mol. The summed E-state index contributed by atoms with van der Waals surface area (Å²) in [6, 6.07) is 32.1. The first kappa shape index (κ1) is 29.9. The number of anilines is 4. The molecule has 0 amide bonds. The molecule has 0 unspecified atom stereocenters. The van der Waals surface area contributed by atoms with Crippen LogP contribution in [0, 0.1) is 0 Å². The highest BCUT2D eigenvalue weighted by molar-refractivity contribution is 5.64. The molecule has 0 aliphatic carbocycles. The third-order valence-corrected chi connectivity index (χ3v) is 6.70. The van der Waals surface area contributed by atoms with Gasteiger partial charge in [-0.15, -0.1) is 0 Å². The summed E-state index contributed by atoms with van der Waals surface area (Å²) >= 11 is 0. The molecule has 0 saturated carbocycles. The fourth-order valence-electron chi connectivity index (χ4n) is 4.48. The van der Waals surface area contributed by atoms with E-state index in [0.717, 1.165) is 71.8 Å². The van der Waals surface area contributed by atoms with Gasteiger partial charge in [-0.1, -0.05) is 70.6 Å². The molecule has 5 nitrogen and oxygen atoms in total. The summed E-state index contributed by atoms with van der Waals surface area (Å²) in [6.07, 6.45) is 9.59. The van der Waals surface area contributed by atoms with E-state index in [1.165, 1.54) is 38.5 Å². The number of nitrogens with one attached hydrogen (secondary N) is 2. The summed E-state index contributed by atoms with van der Waals surface area (Å²) in [7, 11) is 0. The highest BCUT2D eigenvalue weighted by Gasteiger charge is 2.04. The molecule has 0 aliphatic rings. The second kappa shape index (κ2) is 16.9. The molecule has 0 atom stereocenters. The van der Waals surface area contributed by atoms with Crippen LogP contribution in [0.1, 0.15) is 65.2 Å². The summed E-state index contributed by atoms with van der Waals surface area (Å²) < 4.78 is 18.0. The third-order valence-electron chi connectivity index (χ3n) is 6.70. The zero-order valence-electron chi connectivity index (χ0n) is 24.5. The van der Waals surface area contributed by atoms with Crippen molar-refractivity contribution in [1.82, 2.24) is 0 Å². The van der Waals surface area contributed by atoms with Crippen molar-refractivity contribution in [1.29, 1.82) is 0 Å². The molecule has 0 bridgehead atoms. The van der Waals surface area contributed by atoms with Gasteiger partial charge in [0.05, 0.1) is 13.2 Å². The van der Waals surface area contributed by atoms with E-state index in [0.29, 0.717) is 0 Å². The molecular formula is C36H44N2O3. The second-order valence-corrected chi connectivity index (χ2v) is 10.3. The van der Waals surface area contributed by atoms with E-state index in [9.17, 15) is 0 Å². The van der Waals surface area contributed by atoms with Crippen LogP contribution in [0.3, 0.4) is 0 Å². The first-order chi connectivity index (χ1) is 20.2. The van der Waals surface area contributed by atoms with Crippen molar-refractivity contribution in [2.75, 3.05) is 23.8 Å². The summed E-state index contributed by atoms with van der Waals surface area (Å²) in [5.41, 5.74) is 3.91. The van der Waals surface area contributed by atoms with Gasteiger partial charge in [0.1, 0.15) is 23.0 Å². The van der Waals surface area contributed by atoms with E-state index in [4.69, 9.17) is 14.2 Å². The maximum absolute atomic E-state index is 6.15. The van der Waals surface area contributed by atoms with Crippen LogP contribution in [0.5, 0.6) is 23.0 Å². The molecule has 5 heteroatoms. The SMILES string of the molecule is CCCCCCOc1cccc(Nc2ccc(Oc3cccc(Nc4cccc(OCCCCCC)c4)c3)cc2)c1. The van der Waals surface area contributed by atoms with Gasteiger partial charge in [0.25, 0.3) is 0 Å². The molecule has 0 aliphatic heterocycles. The summed E-state index contributed by atoms with van der Waals surface area (Å²) in [6.45, 7) is 5.95. The largest absolute Gasteiger partial charge is 0.494 e. The quantitative estimate of drug-likeness (QED) is 0.120. The molecule has 4 aromatic carbocycles. The van der Waals surface area contributed by atoms with Crippen molar-refractivity contribution in [3.05, 3.63) is 97.1 Å². The molecular weight excluding hydrogens is 508 g/mol. The minimum atomic E-state index is 0.751. The zero-order valence-corrected chi connectivity index (χ0v) is 24.5. The van der Waals surface area contributed by atoms with Gasteiger partial charge in [-0.3, -0.25) is 0 Å². The molecule has 0 spiro atoms. The van der Waals surface area contributed by atoms with Gasteiger partial charge in [-0.2, -0.15) is 0 Å². The molecule has 0 heterocycles. The topological polar surface area (TPSA) is 51.8 Å². The average Bonchev–Trinajstić information content (AvgIpc) is 2.99. The van der Waals surface area contributed by atoms with Crippen molar-refractivity contribution in [2.45, 2.75) is 65.2 Å². The van der Waals surface area contributed by atoms with Crippen molar-refractivity contribution >= 4 is 22.7 Å². The van der Waals surface area contributed by atoms with Crippen LogP contribution in [0.4, 0.5) is 22.7 Å². The second-order valence-electron chi connectivity index (χ2n) is 10.3. The standard InChI is InChI=1S/C36H44N2O3/c1-3-5-7-9-24-39-34-17-11-14-30(26-34)37-29-20-22-33(23-21-29)41-36-19-13-16-32(28-36)38-31-15-12-18-35(27-31)40-25-10-8-6-4-2/h11-23,26-28,37-38H,3-10,24-25H2,1-2H3. The van der Waals surface area contributed by atoms with E-state index in [1.807, 2.05) is 97.1 Å². The van der Waals surface area contributed by atoms with Gasteiger partial charge < -0.3 is 24.8 Å². The van der Waals surface area contributed by atoms with Gasteiger partial charge in [0, 0.05) is 40.9 Å². The number of unbranched alkanes of at least 4 members (excludes halogenated alkanes) is 6. The first-order valence-electron chi connectivity index (χ1n) is 15.1. The number of rotatable bonds is 18. The van der Waals surface area contributed by atoms with E-state index in [2.05, 4.69) is 24.5 Å². The maximum Gasteiger partial charge on any atom is 0.129 e. The lowest BCUT2D eigenvalue weighted by atomic mass is 10.2. The van der Waals surface area contributed by atoms with Crippen LogP contribution in [0.15, 0.2) is 97.1 Å². The van der Waals surface area contributed by atoms with E-state index >= 15 is 0 Å². The molecule has 0 aromatic heterocycles. The molecule has 4 aromatic rings. The number of benzene rings is 4. The molecule has 216 valence electrons. The van der Waals surface area contributed by atoms with E-state index in [1.54, 1.807) is 0 Å². The fourth-order valence-corrected chi connectivity index (χ4v) is 4.48. The lowest BCUT2D eigenvalue weighted by Crippen LogP contribution is -1.98. The van der Waals surface area contributed by atoms with Gasteiger partial charge in [0.15, 0.2) is 0 Å². The molecule has 0 fully saturated rings. The van der Waals surface area contributed by atoms with Crippen molar-refractivity contribution < 1.29 is 14.2 Å². The highest BCUT2D eigenvalue weighted by Crippen LogP contribution is 2.29. The van der Waals surface area contributed by atoms with Crippen LogP contribution >= 0.6 is 0 Å². The summed E-state index contributed by atoms with van der Waals surface area (Å²) in [5.74, 6) is 3.31. The maximum atomic E-state index is 6.15. The number of ether oxygens (including phenoxy) is 3. The van der Waals surface area contributed by atoms with Gasteiger partial charge in [-0.25, -0.2) is 0 Å². The van der Waals surface area contributed by atoms with Crippen molar-refractivity contribution in [2.24, 2.45) is 0 Å². The van der Waals surface area contributed by atoms with Crippen LogP contribution < -0.4 is 24.8 Å². The average molecular weight is 553 g/mol. The van der Waals surface area contributed by atoms with Crippen LogP contribution in [0.2, 0.25) is 0 Å². The van der Waals surface area contributed by atoms with Crippen molar-refractivity contribution in [3.63, 3.8) is 0 Å². The Labute approximate surface area is 245 Å². The Morgan fingerprint density at radius 1 is 0.439 bits per heavy atom. The van der Waals surface area contributed by atoms with E-state index < -0.39 is 0 Å². The summed E-state index contributed by atoms with van der Waals surface area (Å²) in [4.78, 5) is 0. The Balaban J connectivity index is 1.28. The highest BCUT2D eigenvalue weighted by atomic mass is 16.5. The fraction of sp³-hybridized carbons (Fsp3) is 0.333. The van der Waals surface area contributed by atoms with Crippen LogP contribution in [0.25, 0.3) is 0 Å². The molecule has 4 rings (SSSR count). The predicted molar refractivity (Wildman–Crippen MR) is 172 cm³/mol. The van der Waals surface area contributed by atoms with Gasteiger partial charge in [-0.05, 0) is 73.5 Å². The van der Waals surface area contributed by atoms with Gasteiger partial charge in [0.2, 0.25) is 0 Å². The minimum Gasteiger partial charge on any atom is -0.494 e. The molecule has 41 heavy (non-hydrogen) atoms. The molecule has 0 radical (unpaired) electrons. The number of hydrogen-bond acceptors (Lipinski definition) is 5. The summed E-state index contributed by atoms with van der Waals surface area (Å²) in [5, 5.41) is 6.92. The zero-order chi connectivity index (χ0) is 28.5. The Morgan fingerprint density at radius 3 is 1.41 bits per heavy atom. The molecule has 2 N–H and O–H groups in total. The van der Waals surface area contributed by atoms with Crippen LogP contribution in [-0.2, 0) is 0 Å². The van der Waals surface area contributed by atoms with Crippen LogP contribution in [-0.4, -0.2) is 13.2 Å². The minimum absolute atomic E-state index is 0.751. The smallest absolute Gasteiger partial charge is 0.129 e. The van der Waals surface area contributed by atoms with E-state index in [-0.39, 0.29) is 0 Å². The number of hydrogen-bond donors (Lipinski definition) is 2. The van der Waals surface area contributed by atoms with Crippen molar-refractivity contribution in [3.8, 4) is 23.0 Å². The Morgan fingerprint density at radius 2 is 0.902 bits per heavy atom. The Kier molecular flexibility index (Phi) is 12.3. The Hall–Kier alpha value is -4.12. The first-order valence-corrected chi connectivity index (χ1v) is 15.1. The van der Waals surface area contributed by atoms with Gasteiger partial charge >= 0.3 is 0 Å². The normalized spacial score (nSPS) is 10.7. The lowest BCUT2D eigenvalue weighted by molar-refractivity contribution is 0.305. The lowest BCUT2D eigenvalue weighted by Gasteiger charge is -2.12. The predicted octanol–water partition coefficient (Wildman–Crippen LogP) is 10.9. The third kappa shape index (κ3) is 10.8.